The highest BCUT2D eigenvalue weighted by molar-refractivity contribution is 5.08. The molecule has 1 aliphatic carbocycles. The minimum atomic E-state index is -0.487. The number of hydrogen-bond acceptors (Lipinski definition) is 3. The Labute approximate surface area is 74.0 Å². The normalized spacial score (nSPS) is 18.5. The molecule has 5 nitrogen and oxygen atoms in total. The first-order valence-electron chi connectivity index (χ1n) is 4.26. The van der Waals surface area contributed by atoms with Crippen molar-refractivity contribution in [1.29, 1.82) is 0 Å². The zero-order chi connectivity index (χ0) is 9.42. The third kappa shape index (κ3) is 1.70. The largest absolute Gasteiger partial charge is 0.325 e. The summed E-state index contributed by atoms with van der Waals surface area (Å²) < 4.78 is 0. The predicted octanol–water partition coefficient (Wildman–Crippen LogP) is -0.527. The van der Waals surface area contributed by atoms with Crippen molar-refractivity contribution in [2.24, 2.45) is 11.7 Å². The van der Waals surface area contributed by atoms with E-state index in [-0.39, 0.29) is 6.04 Å². The lowest BCUT2D eigenvalue weighted by atomic mass is 10.1. The van der Waals surface area contributed by atoms with Crippen molar-refractivity contribution in [3.05, 3.63) is 32.6 Å². The van der Waals surface area contributed by atoms with Crippen molar-refractivity contribution in [1.82, 2.24) is 9.97 Å². The first kappa shape index (κ1) is 8.25. The molecule has 0 aliphatic heterocycles. The minimum absolute atomic E-state index is 0.199. The van der Waals surface area contributed by atoms with Crippen LogP contribution in [0.1, 0.15) is 24.6 Å². The molecule has 4 N–H and O–H groups in total. The second kappa shape index (κ2) is 2.85. The summed E-state index contributed by atoms with van der Waals surface area (Å²) in [7, 11) is 0. The number of aromatic nitrogens is 2. The van der Waals surface area contributed by atoms with E-state index in [1.165, 1.54) is 6.07 Å². The summed E-state index contributed by atoms with van der Waals surface area (Å²) in [5.74, 6) is 0.428. The monoisotopic (exact) mass is 181 g/mol. The van der Waals surface area contributed by atoms with Gasteiger partial charge in [0.1, 0.15) is 0 Å². The molecule has 1 aromatic rings. The zero-order valence-corrected chi connectivity index (χ0v) is 7.04. The Morgan fingerprint density at radius 3 is 2.62 bits per heavy atom. The standard InChI is InChI=1S/C8H11N3O2/c9-7(4-1-2-4)5-3-6(12)11-8(13)10-5/h3-4,7H,1-2,9H2,(H2,10,11,12,13). The number of nitrogens with two attached hydrogens (primary N) is 1. The lowest BCUT2D eigenvalue weighted by molar-refractivity contribution is 0.608. The first-order chi connectivity index (χ1) is 6.16. The molecule has 1 aliphatic rings. The van der Waals surface area contributed by atoms with E-state index in [1.807, 2.05) is 0 Å². The summed E-state index contributed by atoms with van der Waals surface area (Å²) in [5, 5.41) is 0. The fourth-order valence-corrected chi connectivity index (χ4v) is 1.38. The first-order valence-corrected chi connectivity index (χ1v) is 4.26. The minimum Gasteiger partial charge on any atom is -0.322 e. The van der Waals surface area contributed by atoms with Gasteiger partial charge in [-0.25, -0.2) is 4.79 Å². The number of H-pyrrole nitrogens is 2. The fraction of sp³-hybridized carbons (Fsp3) is 0.500. The zero-order valence-electron chi connectivity index (χ0n) is 7.04. The van der Waals surface area contributed by atoms with Gasteiger partial charge in [-0.3, -0.25) is 9.78 Å². The molecule has 0 bridgehead atoms. The molecule has 13 heavy (non-hydrogen) atoms. The highest BCUT2D eigenvalue weighted by Crippen LogP contribution is 2.38. The molecule has 1 unspecified atom stereocenters. The van der Waals surface area contributed by atoms with Gasteiger partial charge >= 0.3 is 5.69 Å². The molecular weight excluding hydrogens is 170 g/mol. The Morgan fingerprint density at radius 2 is 2.08 bits per heavy atom. The van der Waals surface area contributed by atoms with E-state index in [9.17, 15) is 9.59 Å². The van der Waals surface area contributed by atoms with E-state index in [2.05, 4.69) is 9.97 Å². The molecule has 0 aromatic carbocycles. The van der Waals surface area contributed by atoms with Crippen LogP contribution in [0.3, 0.4) is 0 Å². The van der Waals surface area contributed by atoms with Crippen molar-refractivity contribution >= 4 is 0 Å². The fourth-order valence-electron chi connectivity index (χ4n) is 1.38. The molecule has 1 aromatic heterocycles. The molecule has 2 rings (SSSR count). The number of nitrogens with one attached hydrogen (secondary N) is 2. The van der Waals surface area contributed by atoms with Crippen molar-refractivity contribution in [3.63, 3.8) is 0 Å². The second-order valence-corrected chi connectivity index (χ2v) is 3.41. The SMILES string of the molecule is NC(c1cc(=O)[nH]c(=O)[nH]1)C1CC1. The Hall–Kier alpha value is -1.36. The van der Waals surface area contributed by atoms with E-state index in [1.54, 1.807) is 0 Å². The Kier molecular flexibility index (Phi) is 1.81. The third-order valence-electron chi connectivity index (χ3n) is 2.27. The van der Waals surface area contributed by atoms with Gasteiger partial charge in [-0.1, -0.05) is 0 Å². The molecule has 5 heteroatoms. The van der Waals surface area contributed by atoms with Crippen LogP contribution in [0.2, 0.25) is 0 Å². The van der Waals surface area contributed by atoms with Crippen molar-refractivity contribution in [2.45, 2.75) is 18.9 Å². The van der Waals surface area contributed by atoms with Gasteiger partial charge in [0.05, 0.1) is 0 Å². The lowest BCUT2D eigenvalue weighted by Crippen LogP contribution is -2.27. The van der Waals surface area contributed by atoms with Gasteiger partial charge in [0.2, 0.25) is 0 Å². The van der Waals surface area contributed by atoms with Crippen LogP contribution in [0, 0.1) is 5.92 Å². The van der Waals surface area contributed by atoms with E-state index < -0.39 is 11.2 Å². The molecule has 0 amide bonds. The summed E-state index contributed by atoms with van der Waals surface area (Å²) in [5.41, 5.74) is 5.47. The van der Waals surface area contributed by atoms with Gasteiger partial charge in [0, 0.05) is 17.8 Å². The van der Waals surface area contributed by atoms with Crippen molar-refractivity contribution < 1.29 is 0 Å². The number of hydrogen-bond donors (Lipinski definition) is 3. The topological polar surface area (TPSA) is 91.7 Å². The molecule has 1 saturated carbocycles. The maximum absolute atomic E-state index is 10.9. The maximum Gasteiger partial charge on any atom is 0.325 e. The van der Waals surface area contributed by atoms with Crippen LogP contribution in [-0.2, 0) is 0 Å². The quantitative estimate of drug-likeness (QED) is 0.572. The van der Waals surface area contributed by atoms with Crippen LogP contribution in [0.4, 0.5) is 0 Å². The van der Waals surface area contributed by atoms with Gasteiger partial charge < -0.3 is 10.7 Å². The summed E-state index contributed by atoms with van der Waals surface area (Å²) in [4.78, 5) is 26.5. The third-order valence-corrected chi connectivity index (χ3v) is 2.27. The summed E-state index contributed by atoms with van der Waals surface area (Å²) in [6, 6.07) is 1.15. The van der Waals surface area contributed by atoms with Crippen LogP contribution in [0.5, 0.6) is 0 Å². The average molecular weight is 181 g/mol. The summed E-state index contributed by atoms with van der Waals surface area (Å²) >= 11 is 0. The lowest BCUT2D eigenvalue weighted by Gasteiger charge is -2.08. The Bertz CT molecular complexity index is 388. The van der Waals surface area contributed by atoms with E-state index in [4.69, 9.17) is 5.73 Å². The van der Waals surface area contributed by atoms with Crippen LogP contribution in [-0.4, -0.2) is 9.97 Å². The van der Waals surface area contributed by atoms with E-state index in [0.717, 1.165) is 12.8 Å². The molecule has 0 spiro atoms. The molecule has 1 heterocycles. The van der Waals surface area contributed by atoms with E-state index in [0.29, 0.717) is 11.6 Å². The maximum atomic E-state index is 10.9. The van der Waals surface area contributed by atoms with Crippen molar-refractivity contribution in [3.8, 4) is 0 Å². The van der Waals surface area contributed by atoms with Crippen LogP contribution < -0.4 is 17.0 Å². The second-order valence-electron chi connectivity index (χ2n) is 3.41. The van der Waals surface area contributed by atoms with E-state index >= 15 is 0 Å². The highest BCUT2D eigenvalue weighted by atomic mass is 16.2. The molecule has 0 saturated heterocycles. The Morgan fingerprint density at radius 1 is 1.38 bits per heavy atom. The smallest absolute Gasteiger partial charge is 0.322 e. The molecule has 0 radical (unpaired) electrons. The van der Waals surface area contributed by atoms with Crippen molar-refractivity contribution in [2.75, 3.05) is 0 Å². The van der Waals surface area contributed by atoms with Gasteiger partial charge in [0.15, 0.2) is 0 Å². The molecular formula is C8H11N3O2. The predicted molar refractivity (Wildman–Crippen MR) is 47.3 cm³/mol. The molecule has 1 fully saturated rings. The molecule has 1 atom stereocenters. The molecule has 70 valence electrons. The van der Waals surface area contributed by atoms with Gasteiger partial charge in [-0.15, -0.1) is 0 Å². The van der Waals surface area contributed by atoms with Gasteiger partial charge in [-0.2, -0.15) is 0 Å². The number of aromatic amines is 2. The highest BCUT2D eigenvalue weighted by Gasteiger charge is 2.30. The van der Waals surface area contributed by atoms with Crippen LogP contribution >= 0.6 is 0 Å². The number of rotatable bonds is 2. The van der Waals surface area contributed by atoms with Gasteiger partial charge in [-0.05, 0) is 18.8 Å². The average Bonchev–Trinajstić information content (AvgIpc) is 2.83. The summed E-state index contributed by atoms with van der Waals surface area (Å²) in [6.45, 7) is 0. The van der Waals surface area contributed by atoms with Gasteiger partial charge in [0.25, 0.3) is 5.56 Å². The summed E-state index contributed by atoms with van der Waals surface area (Å²) in [6.07, 6.45) is 2.16. The van der Waals surface area contributed by atoms with Crippen LogP contribution in [0.15, 0.2) is 15.7 Å². The van der Waals surface area contributed by atoms with Crippen LogP contribution in [0.25, 0.3) is 0 Å². The Balaban J connectivity index is 2.38.